The molecule has 4 aromatic rings. The molecule has 0 saturated carbocycles. The van der Waals surface area contributed by atoms with Crippen LogP contribution in [0.15, 0.2) is 48.7 Å². The van der Waals surface area contributed by atoms with Gasteiger partial charge in [0, 0.05) is 30.4 Å². The van der Waals surface area contributed by atoms with Crippen molar-refractivity contribution in [3.8, 4) is 11.4 Å². The van der Waals surface area contributed by atoms with Crippen molar-refractivity contribution in [3.05, 3.63) is 76.7 Å². The highest BCUT2D eigenvalue weighted by molar-refractivity contribution is 6.07. The molecule has 0 aliphatic carbocycles. The number of benzene rings is 1. The third-order valence-electron chi connectivity index (χ3n) is 5.76. The lowest BCUT2D eigenvalue weighted by Crippen LogP contribution is -2.34. The predicted molar refractivity (Wildman–Crippen MR) is 123 cm³/mol. The Morgan fingerprint density at radius 2 is 1.90 bits per heavy atom. The number of pyridine rings is 2. The van der Waals surface area contributed by atoms with Gasteiger partial charge in [0.1, 0.15) is 0 Å². The number of amides is 1. The van der Waals surface area contributed by atoms with Crippen molar-refractivity contribution in [2.24, 2.45) is 7.05 Å². The second kappa shape index (κ2) is 8.30. The van der Waals surface area contributed by atoms with E-state index in [1.807, 2.05) is 75.0 Å². The highest BCUT2D eigenvalue weighted by Gasteiger charge is 2.19. The number of rotatable bonds is 5. The molecule has 0 bridgehead atoms. The van der Waals surface area contributed by atoms with Crippen LogP contribution in [0.25, 0.3) is 22.3 Å². The lowest BCUT2D eigenvalue weighted by molar-refractivity contribution is 0.0941. The van der Waals surface area contributed by atoms with E-state index in [9.17, 15) is 4.79 Å². The molecule has 6 nitrogen and oxygen atoms in total. The maximum atomic E-state index is 13.3. The molecule has 0 spiro atoms. The largest absolute Gasteiger partial charge is 0.349 e. The molecular formula is C25H27N5O. The molecule has 4 rings (SSSR count). The predicted octanol–water partition coefficient (Wildman–Crippen LogP) is 4.32. The number of aryl methyl sites for hydroxylation is 3. The molecule has 0 radical (unpaired) electrons. The van der Waals surface area contributed by atoms with Crippen molar-refractivity contribution in [2.45, 2.75) is 40.2 Å². The summed E-state index contributed by atoms with van der Waals surface area (Å²) in [4.78, 5) is 22.6. The van der Waals surface area contributed by atoms with Gasteiger partial charge in [-0.25, -0.2) is 4.98 Å². The highest BCUT2D eigenvalue weighted by Crippen LogP contribution is 2.26. The molecule has 0 saturated heterocycles. The Morgan fingerprint density at radius 3 is 2.58 bits per heavy atom. The fourth-order valence-corrected chi connectivity index (χ4v) is 4.00. The van der Waals surface area contributed by atoms with E-state index in [1.54, 1.807) is 6.20 Å². The van der Waals surface area contributed by atoms with Gasteiger partial charge < -0.3 is 5.32 Å². The average Bonchev–Trinajstić information content (AvgIpc) is 3.00. The van der Waals surface area contributed by atoms with Gasteiger partial charge in [-0.2, -0.15) is 5.10 Å². The Morgan fingerprint density at radius 1 is 1.10 bits per heavy atom. The van der Waals surface area contributed by atoms with Gasteiger partial charge in [-0.3, -0.25) is 14.5 Å². The van der Waals surface area contributed by atoms with Crippen LogP contribution in [0.1, 0.15) is 39.8 Å². The number of hydrogen-bond donors (Lipinski definition) is 1. The molecule has 0 fully saturated rings. The van der Waals surface area contributed by atoms with E-state index in [-0.39, 0.29) is 11.9 Å². The van der Waals surface area contributed by atoms with Crippen LogP contribution >= 0.6 is 0 Å². The van der Waals surface area contributed by atoms with Gasteiger partial charge in [0.2, 0.25) is 0 Å². The first-order chi connectivity index (χ1) is 14.8. The molecule has 1 atom stereocenters. The topological polar surface area (TPSA) is 72.7 Å². The summed E-state index contributed by atoms with van der Waals surface area (Å²) in [5.41, 5.74) is 7.21. The number of nitrogens with one attached hydrogen (secondary N) is 1. The van der Waals surface area contributed by atoms with Crippen LogP contribution in [-0.2, 0) is 13.5 Å². The molecule has 158 valence electrons. The molecule has 0 aliphatic rings. The summed E-state index contributed by atoms with van der Waals surface area (Å²) in [6.07, 6.45) is 2.46. The number of aromatic nitrogens is 4. The van der Waals surface area contributed by atoms with Gasteiger partial charge in [-0.15, -0.1) is 0 Å². The molecule has 6 heteroatoms. The first-order valence-electron chi connectivity index (χ1n) is 10.5. The molecule has 1 N–H and O–H groups in total. The molecular weight excluding hydrogens is 386 g/mol. The zero-order chi connectivity index (χ0) is 22.1. The Bertz CT molecular complexity index is 1260. The van der Waals surface area contributed by atoms with Gasteiger partial charge in [0.15, 0.2) is 0 Å². The summed E-state index contributed by atoms with van der Waals surface area (Å²) in [7, 11) is 1.94. The SMILES string of the molecule is Cc1nn(C)c(C)c1C[C@H](C)NC(=O)c1cc(-c2ccccn2)nc2c(C)cccc12. The summed E-state index contributed by atoms with van der Waals surface area (Å²) in [5.74, 6) is -0.109. The minimum atomic E-state index is -0.109. The third-order valence-corrected chi connectivity index (χ3v) is 5.76. The Kier molecular flexibility index (Phi) is 5.55. The number of nitrogens with zero attached hydrogens (tertiary/aromatic N) is 4. The van der Waals surface area contributed by atoms with Crippen LogP contribution in [0, 0.1) is 20.8 Å². The zero-order valence-electron chi connectivity index (χ0n) is 18.6. The van der Waals surface area contributed by atoms with Gasteiger partial charge in [0.25, 0.3) is 5.91 Å². The number of carbonyl (C=O) groups is 1. The lowest BCUT2D eigenvalue weighted by Gasteiger charge is -2.16. The van der Waals surface area contributed by atoms with Crippen molar-refractivity contribution in [3.63, 3.8) is 0 Å². The van der Waals surface area contributed by atoms with Crippen LogP contribution in [0.3, 0.4) is 0 Å². The molecule has 3 heterocycles. The number of fused-ring (bicyclic) bond motifs is 1. The summed E-state index contributed by atoms with van der Waals surface area (Å²) in [5, 5.41) is 8.51. The van der Waals surface area contributed by atoms with Crippen LogP contribution in [0.4, 0.5) is 0 Å². The second-order valence-electron chi connectivity index (χ2n) is 8.09. The molecule has 1 aromatic carbocycles. The third kappa shape index (κ3) is 4.06. The van der Waals surface area contributed by atoms with Crippen molar-refractivity contribution in [1.29, 1.82) is 0 Å². The van der Waals surface area contributed by atoms with Crippen molar-refractivity contribution in [1.82, 2.24) is 25.1 Å². The molecule has 3 aromatic heterocycles. The van der Waals surface area contributed by atoms with Crippen molar-refractivity contribution < 1.29 is 4.79 Å². The van der Waals surface area contributed by atoms with Crippen LogP contribution in [-0.4, -0.2) is 31.7 Å². The number of hydrogen-bond acceptors (Lipinski definition) is 4. The number of carbonyl (C=O) groups excluding carboxylic acids is 1. The quantitative estimate of drug-likeness (QED) is 0.529. The fraction of sp³-hybridized carbons (Fsp3) is 0.280. The van der Waals surface area contributed by atoms with E-state index < -0.39 is 0 Å². The van der Waals surface area contributed by atoms with E-state index in [0.29, 0.717) is 11.3 Å². The van der Waals surface area contributed by atoms with Gasteiger partial charge in [-0.1, -0.05) is 24.3 Å². The highest BCUT2D eigenvalue weighted by atomic mass is 16.1. The minimum Gasteiger partial charge on any atom is -0.349 e. The normalized spacial score (nSPS) is 12.2. The van der Waals surface area contributed by atoms with E-state index in [0.717, 1.165) is 40.0 Å². The first kappa shape index (κ1) is 20.7. The lowest BCUT2D eigenvalue weighted by atomic mass is 10.0. The van der Waals surface area contributed by atoms with E-state index in [1.165, 1.54) is 5.56 Å². The van der Waals surface area contributed by atoms with Gasteiger partial charge >= 0.3 is 0 Å². The summed E-state index contributed by atoms with van der Waals surface area (Å²) in [6.45, 7) is 8.10. The molecule has 31 heavy (non-hydrogen) atoms. The molecule has 1 amide bonds. The van der Waals surface area contributed by atoms with E-state index in [4.69, 9.17) is 4.98 Å². The monoisotopic (exact) mass is 413 g/mol. The Balaban J connectivity index is 1.69. The standard InChI is InChI=1S/C25H27N5O/c1-15-9-8-10-19-21(14-23(28-24(15)19)22-11-6-7-12-26-22)25(31)27-16(2)13-20-17(3)29-30(5)18(20)4/h6-12,14,16H,13H2,1-5H3,(H,27,31)/t16-/m0/s1. The van der Waals surface area contributed by atoms with Crippen LogP contribution < -0.4 is 5.32 Å². The molecule has 0 unspecified atom stereocenters. The summed E-state index contributed by atoms with van der Waals surface area (Å²) < 4.78 is 1.89. The van der Waals surface area contributed by atoms with Crippen molar-refractivity contribution in [2.75, 3.05) is 0 Å². The van der Waals surface area contributed by atoms with Crippen molar-refractivity contribution >= 4 is 16.8 Å². The van der Waals surface area contributed by atoms with Crippen LogP contribution in [0.5, 0.6) is 0 Å². The average molecular weight is 414 g/mol. The Labute approximate surface area is 182 Å². The summed E-state index contributed by atoms with van der Waals surface area (Å²) in [6, 6.07) is 13.4. The smallest absolute Gasteiger partial charge is 0.252 e. The second-order valence-corrected chi connectivity index (χ2v) is 8.09. The summed E-state index contributed by atoms with van der Waals surface area (Å²) >= 11 is 0. The van der Waals surface area contributed by atoms with Gasteiger partial charge in [-0.05, 0) is 63.4 Å². The van der Waals surface area contributed by atoms with Crippen LogP contribution in [0.2, 0.25) is 0 Å². The van der Waals surface area contributed by atoms with E-state index in [2.05, 4.69) is 22.3 Å². The minimum absolute atomic E-state index is 0.0413. The maximum absolute atomic E-state index is 13.3. The van der Waals surface area contributed by atoms with Gasteiger partial charge in [0.05, 0.1) is 28.2 Å². The Hall–Kier alpha value is -3.54. The maximum Gasteiger partial charge on any atom is 0.252 e. The first-order valence-corrected chi connectivity index (χ1v) is 10.5. The zero-order valence-corrected chi connectivity index (χ0v) is 18.6. The number of para-hydroxylation sites is 1. The molecule has 0 aliphatic heterocycles. The van der Waals surface area contributed by atoms with E-state index >= 15 is 0 Å². The fourth-order valence-electron chi connectivity index (χ4n) is 4.00.